The van der Waals surface area contributed by atoms with Crippen LogP contribution in [0.5, 0.6) is 0 Å². The predicted molar refractivity (Wildman–Crippen MR) is 77.9 cm³/mol. The molecule has 4 heteroatoms. The van der Waals surface area contributed by atoms with E-state index in [1.165, 1.54) is 32.1 Å². The Hall–Kier alpha value is -0.220. The summed E-state index contributed by atoms with van der Waals surface area (Å²) in [5, 5.41) is 6.53. The lowest BCUT2D eigenvalue weighted by atomic mass is 9.88. The van der Waals surface area contributed by atoms with Crippen LogP contribution in [0.3, 0.4) is 0 Å². The highest BCUT2D eigenvalue weighted by molar-refractivity contribution is 8.00. The van der Waals surface area contributed by atoms with Gasteiger partial charge in [0.1, 0.15) is 0 Å². The van der Waals surface area contributed by atoms with E-state index in [0.29, 0.717) is 4.75 Å². The van der Waals surface area contributed by atoms with Gasteiger partial charge >= 0.3 is 0 Å². The maximum atomic E-state index is 12.1. The summed E-state index contributed by atoms with van der Waals surface area (Å²) < 4.78 is 0.315. The van der Waals surface area contributed by atoms with Crippen molar-refractivity contribution in [2.24, 2.45) is 5.92 Å². The van der Waals surface area contributed by atoms with Crippen molar-refractivity contribution in [2.45, 2.75) is 49.7 Å². The first-order chi connectivity index (χ1) is 8.76. The molecule has 0 spiro atoms. The lowest BCUT2D eigenvalue weighted by Crippen LogP contribution is -2.46. The van der Waals surface area contributed by atoms with Crippen molar-refractivity contribution in [2.75, 3.05) is 25.9 Å². The van der Waals surface area contributed by atoms with Crippen LogP contribution < -0.4 is 10.6 Å². The molecule has 2 aliphatic rings. The Balaban J connectivity index is 1.79. The van der Waals surface area contributed by atoms with E-state index in [1.54, 1.807) is 0 Å². The van der Waals surface area contributed by atoms with Crippen LogP contribution in [0.2, 0.25) is 0 Å². The van der Waals surface area contributed by atoms with Gasteiger partial charge < -0.3 is 10.6 Å². The molecule has 1 atom stereocenters. The van der Waals surface area contributed by atoms with E-state index in [0.717, 1.165) is 32.5 Å². The van der Waals surface area contributed by atoms with Crippen molar-refractivity contribution >= 4 is 17.7 Å². The fourth-order valence-corrected chi connectivity index (χ4v) is 4.03. The molecule has 0 aromatic carbocycles. The van der Waals surface area contributed by atoms with Crippen LogP contribution in [0.4, 0.5) is 0 Å². The van der Waals surface area contributed by atoms with Crippen molar-refractivity contribution in [3.05, 3.63) is 0 Å². The highest BCUT2D eigenvalue weighted by atomic mass is 32.2. The summed E-state index contributed by atoms with van der Waals surface area (Å²) in [7, 11) is 0. The molecule has 2 fully saturated rings. The maximum Gasteiger partial charge on any atom is 0.224 e. The predicted octanol–water partition coefficient (Wildman–Crippen LogP) is 2.17. The third kappa shape index (κ3) is 3.64. The van der Waals surface area contributed by atoms with E-state index in [4.69, 9.17) is 0 Å². The summed E-state index contributed by atoms with van der Waals surface area (Å²) in [5.41, 5.74) is 0. The number of piperidine rings is 1. The van der Waals surface area contributed by atoms with E-state index in [-0.39, 0.29) is 11.8 Å². The third-order valence-corrected chi connectivity index (χ3v) is 5.87. The SMILES string of the molecule is CSC1(CNC(=O)C2CCCNC2)CCCCC1. The Bertz CT molecular complexity index is 271. The van der Waals surface area contributed by atoms with Crippen molar-refractivity contribution in [3.8, 4) is 0 Å². The van der Waals surface area contributed by atoms with Crippen LogP contribution in [-0.4, -0.2) is 36.5 Å². The molecule has 1 unspecified atom stereocenters. The normalized spacial score (nSPS) is 27.7. The van der Waals surface area contributed by atoms with Crippen LogP contribution in [0.25, 0.3) is 0 Å². The third-order valence-electron chi connectivity index (χ3n) is 4.45. The maximum absolute atomic E-state index is 12.1. The van der Waals surface area contributed by atoms with Gasteiger partial charge in [0.2, 0.25) is 5.91 Å². The molecular weight excluding hydrogens is 244 g/mol. The minimum Gasteiger partial charge on any atom is -0.354 e. The van der Waals surface area contributed by atoms with Crippen molar-refractivity contribution in [1.82, 2.24) is 10.6 Å². The zero-order chi connectivity index (χ0) is 12.8. The highest BCUT2D eigenvalue weighted by Crippen LogP contribution is 2.38. The van der Waals surface area contributed by atoms with E-state index in [1.807, 2.05) is 11.8 Å². The number of carbonyl (C=O) groups is 1. The largest absolute Gasteiger partial charge is 0.354 e. The van der Waals surface area contributed by atoms with E-state index < -0.39 is 0 Å². The Morgan fingerprint density at radius 3 is 2.72 bits per heavy atom. The zero-order valence-corrected chi connectivity index (χ0v) is 12.3. The van der Waals surface area contributed by atoms with E-state index in [9.17, 15) is 4.79 Å². The standard InChI is InChI=1S/C14H26N2OS/c1-18-14(7-3-2-4-8-14)11-16-13(17)12-6-5-9-15-10-12/h12,15H,2-11H2,1H3,(H,16,17). The summed E-state index contributed by atoms with van der Waals surface area (Å²) in [6.07, 6.45) is 10.9. The number of carbonyl (C=O) groups excluding carboxylic acids is 1. The Morgan fingerprint density at radius 1 is 1.33 bits per heavy atom. The number of thioether (sulfide) groups is 1. The van der Waals surface area contributed by atoms with Crippen molar-refractivity contribution < 1.29 is 4.79 Å². The molecular formula is C14H26N2OS. The Morgan fingerprint density at radius 2 is 2.11 bits per heavy atom. The molecule has 1 amide bonds. The molecule has 2 N–H and O–H groups in total. The van der Waals surface area contributed by atoms with Gasteiger partial charge in [0.05, 0.1) is 5.92 Å². The lowest BCUT2D eigenvalue weighted by Gasteiger charge is -2.36. The average molecular weight is 270 g/mol. The number of nitrogens with one attached hydrogen (secondary N) is 2. The second kappa shape index (κ2) is 6.80. The van der Waals surface area contributed by atoms with Gasteiger partial charge in [0.25, 0.3) is 0 Å². The molecule has 104 valence electrons. The summed E-state index contributed by atoms with van der Waals surface area (Å²) in [6.45, 7) is 2.79. The second-order valence-electron chi connectivity index (χ2n) is 5.71. The van der Waals surface area contributed by atoms with Gasteiger partial charge in [0, 0.05) is 17.8 Å². The zero-order valence-electron chi connectivity index (χ0n) is 11.5. The highest BCUT2D eigenvalue weighted by Gasteiger charge is 2.32. The smallest absolute Gasteiger partial charge is 0.224 e. The van der Waals surface area contributed by atoms with Gasteiger partial charge in [-0.2, -0.15) is 11.8 Å². The van der Waals surface area contributed by atoms with Gasteiger partial charge in [-0.1, -0.05) is 19.3 Å². The van der Waals surface area contributed by atoms with Crippen LogP contribution >= 0.6 is 11.8 Å². The van der Waals surface area contributed by atoms with Gasteiger partial charge in [-0.3, -0.25) is 4.79 Å². The number of amides is 1. The second-order valence-corrected chi connectivity index (χ2v) is 6.98. The van der Waals surface area contributed by atoms with Crippen LogP contribution in [0.15, 0.2) is 0 Å². The van der Waals surface area contributed by atoms with E-state index >= 15 is 0 Å². The van der Waals surface area contributed by atoms with Gasteiger partial charge in [-0.05, 0) is 38.5 Å². The number of rotatable bonds is 4. The summed E-state index contributed by atoms with van der Waals surface area (Å²) in [5.74, 6) is 0.461. The molecule has 0 radical (unpaired) electrons. The molecule has 1 aliphatic carbocycles. The minimum atomic E-state index is 0.196. The van der Waals surface area contributed by atoms with Crippen LogP contribution in [0.1, 0.15) is 44.9 Å². The molecule has 2 rings (SSSR count). The quantitative estimate of drug-likeness (QED) is 0.822. The topological polar surface area (TPSA) is 41.1 Å². The van der Waals surface area contributed by atoms with Gasteiger partial charge in [-0.25, -0.2) is 0 Å². The minimum absolute atomic E-state index is 0.196. The summed E-state index contributed by atoms with van der Waals surface area (Å²) >= 11 is 1.95. The molecule has 1 aliphatic heterocycles. The molecule has 0 bridgehead atoms. The fraction of sp³-hybridized carbons (Fsp3) is 0.929. The van der Waals surface area contributed by atoms with Gasteiger partial charge in [0.15, 0.2) is 0 Å². The van der Waals surface area contributed by atoms with E-state index in [2.05, 4.69) is 16.9 Å². The summed E-state index contributed by atoms with van der Waals surface area (Å²) in [4.78, 5) is 12.1. The molecule has 18 heavy (non-hydrogen) atoms. The molecule has 1 heterocycles. The molecule has 3 nitrogen and oxygen atoms in total. The lowest BCUT2D eigenvalue weighted by molar-refractivity contribution is -0.125. The first-order valence-corrected chi connectivity index (χ1v) is 8.52. The first kappa shape index (κ1) is 14.2. The van der Waals surface area contributed by atoms with Crippen molar-refractivity contribution in [3.63, 3.8) is 0 Å². The number of hydrogen-bond acceptors (Lipinski definition) is 3. The van der Waals surface area contributed by atoms with Crippen LogP contribution in [0, 0.1) is 5.92 Å². The summed E-state index contributed by atoms with van der Waals surface area (Å²) in [6, 6.07) is 0. The monoisotopic (exact) mass is 270 g/mol. The molecule has 1 saturated heterocycles. The molecule has 0 aromatic heterocycles. The van der Waals surface area contributed by atoms with Crippen molar-refractivity contribution in [1.29, 1.82) is 0 Å². The Labute approximate surface area is 115 Å². The first-order valence-electron chi connectivity index (χ1n) is 7.29. The average Bonchev–Trinajstić information content (AvgIpc) is 2.47. The van der Waals surface area contributed by atoms with Crippen LogP contribution in [-0.2, 0) is 4.79 Å². The molecule has 0 aromatic rings. The van der Waals surface area contributed by atoms with Gasteiger partial charge in [-0.15, -0.1) is 0 Å². The Kier molecular flexibility index (Phi) is 5.37. The number of hydrogen-bond donors (Lipinski definition) is 2. The fourth-order valence-electron chi connectivity index (χ4n) is 3.12. The molecule has 1 saturated carbocycles.